The fraction of sp³-hybridized carbons (Fsp3) is 0.781. The lowest BCUT2D eigenvalue weighted by molar-refractivity contribution is -0.120. The van der Waals surface area contributed by atoms with E-state index in [1.165, 1.54) is 51.4 Å². The van der Waals surface area contributed by atoms with E-state index in [2.05, 4.69) is 70.8 Å². The molecule has 0 heterocycles. The van der Waals surface area contributed by atoms with Crippen molar-refractivity contribution in [1.82, 2.24) is 0 Å². The molecule has 3 unspecified atom stereocenters. The van der Waals surface area contributed by atoms with E-state index in [-0.39, 0.29) is 11.8 Å². The largest absolute Gasteiger partial charge is 0.492 e. The Kier molecular flexibility index (Phi) is 17.4. The van der Waals surface area contributed by atoms with Crippen molar-refractivity contribution in [1.29, 1.82) is 0 Å². The summed E-state index contributed by atoms with van der Waals surface area (Å²) in [4.78, 5) is 15.7. The van der Waals surface area contributed by atoms with Gasteiger partial charge in [-0.25, -0.2) is 0 Å². The third-order valence-electron chi connectivity index (χ3n) is 7.68. The van der Waals surface area contributed by atoms with Crippen LogP contribution >= 0.6 is 0 Å². The van der Waals surface area contributed by atoms with Crippen LogP contribution in [0.1, 0.15) is 126 Å². The maximum absolute atomic E-state index is 13.1. The van der Waals surface area contributed by atoms with Crippen LogP contribution in [0.25, 0.3) is 0 Å². The van der Waals surface area contributed by atoms with Crippen molar-refractivity contribution in [3.63, 3.8) is 0 Å². The Morgan fingerprint density at radius 1 is 0.806 bits per heavy atom. The Morgan fingerprint density at radius 2 is 1.36 bits per heavy atom. The fourth-order valence-electron chi connectivity index (χ4n) is 5.06. The van der Waals surface area contributed by atoms with E-state index in [1.807, 2.05) is 6.07 Å². The van der Waals surface area contributed by atoms with E-state index >= 15 is 0 Å². The van der Waals surface area contributed by atoms with Crippen molar-refractivity contribution in [2.75, 3.05) is 29.9 Å². The summed E-state index contributed by atoms with van der Waals surface area (Å²) in [5.41, 5.74) is 2.03. The molecule has 4 heteroatoms. The summed E-state index contributed by atoms with van der Waals surface area (Å²) in [6.45, 7) is 18.3. The van der Waals surface area contributed by atoms with Crippen LogP contribution in [0.5, 0.6) is 5.75 Å². The Hall–Kier alpha value is -1.71. The van der Waals surface area contributed by atoms with Crippen molar-refractivity contribution in [3.8, 4) is 5.75 Å². The number of ether oxygens (including phenoxy) is 1. The highest BCUT2D eigenvalue weighted by Gasteiger charge is 2.22. The Balaban J connectivity index is 3.31. The van der Waals surface area contributed by atoms with Crippen LogP contribution in [0.4, 0.5) is 11.4 Å². The number of unbranched alkanes of at least 4 members (excludes halogenated alkanes) is 3. The lowest BCUT2D eigenvalue weighted by atomic mass is 9.95. The van der Waals surface area contributed by atoms with Crippen molar-refractivity contribution in [3.05, 3.63) is 18.2 Å². The highest BCUT2D eigenvalue weighted by atomic mass is 16.5. The minimum atomic E-state index is 0.0769. The highest BCUT2D eigenvalue weighted by Crippen LogP contribution is 2.35. The van der Waals surface area contributed by atoms with Gasteiger partial charge in [0.1, 0.15) is 5.75 Å². The molecule has 0 aliphatic rings. The molecular formula is C32H58N2O2. The average Bonchev–Trinajstić information content (AvgIpc) is 2.89. The van der Waals surface area contributed by atoms with Gasteiger partial charge in [0.25, 0.3) is 0 Å². The van der Waals surface area contributed by atoms with Gasteiger partial charge in [0.2, 0.25) is 5.91 Å². The van der Waals surface area contributed by atoms with E-state index in [1.54, 1.807) is 0 Å². The van der Waals surface area contributed by atoms with Crippen molar-refractivity contribution < 1.29 is 9.53 Å². The van der Waals surface area contributed by atoms with Crippen molar-refractivity contribution >= 4 is 17.3 Å². The van der Waals surface area contributed by atoms with Gasteiger partial charge in [0.15, 0.2) is 0 Å². The molecule has 0 aliphatic carbocycles. The van der Waals surface area contributed by atoms with Crippen LogP contribution in [0.3, 0.4) is 0 Å². The van der Waals surface area contributed by atoms with Gasteiger partial charge in [-0.1, -0.05) is 92.9 Å². The summed E-state index contributed by atoms with van der Waals surface area (Å²) >= 11 is 0. The molecule has 4 nitrogen and oxygen atoms in total. The minimum absolute atomic E-state index is 0.0769. The maximum atomic E-state index is 13.1. The van der Waals surface area contributed by atoms with Crippen LogP contribution in [0, 0.1) is 17.8 Å². The first-order chi connectivity index (χ1) is 17.5. The first-order valence-corrected chi connectivity index (χ1v) is 15.3. The fourth-order valence-corrected chi connectivity index (χ4v) is 5.06. The van der Waals surface area contributed by atoms with Gasteiger partial charge in [-0.15, -0.1) is 0 Å². The molecule has 0 spiro atoms. The number of rotatable bonds is 21. The molecule has 36 heavy (non-hydrogen) atoms. The van der Waals surface area contributed by atoms with Crippen LogP contribution in [-0.2, 0) is 4.79 Å². The lowest BCUT2D eigenvalue weighted by Crippen LogP contribution is -2.34. The molecule has 1 N–H and O–H groups in total. The molecule has 208 valence electrons. The molecule has 0 radical (unpaired) electrons. The molecule has 0 bridgehead atoms. The number of carbonyl (C=O) groups is 1. The van der Waals surface area contributed by atoms with Crippen molar-refractivity contribution in [2.45, 2.75) is 126 Å². The van der Waals surface area contributed by atoms with Crippen molar-refractivity contribution in [2.24, 2.45) is 17.8 Å². The summed E-state index contributed by atoms with van der Waals surface area (Å²) < 4.78 is 6.14. The van der Waals surface area contributed by atoms with E-state index < -0.39 is 0 Å². The number of hydrogen-bond acceptors (Lipinski definition) is 3. The third-order valence-corrected chi connectivity index (χ3v) is 7.68. The number of anilines is 2. The first kappa shape index (κ1) is 32.3. The Labute approximate surface area is 224 Å². The van der Waals surface area contributed by atoms with Crippen LogP contribution < -0.4 is 15.0 Å². The lowest BCUT2D eigenvalue weighted by Gasteiger charge is -2.34. The second kappa shape index (κ2) is 19.4. The predicted octanol–water partition coefficient (Wildman–Crippen LogP) is 9.48. The first-order valence-electron chi connectivity index (χ1n) is 15.3. The predicted molar refractivity (Wildman–Crippen MR) is 158 cm³/mol. The number of nitrogens with one attached hydrogen (secondary N) is 1. The quantitative estimate of drug-likeness (QED) is 0.182. The van der Waals surface area contributed by atoms with E-state index in [0.29, 0.717) is 18.4 Å². The molecule has 0 aromatic heterocycles. The minimum Gasteiger partial charge on any atom is -0.492 e. The molecule has 1 amide bonds. The van der Waals surface area contributed by atoms with Gasteiger partial charge in [-0.3, -0.25) is 4.79 Å². The second-order valence-corrected chi connectivity index (χ2v) is 10.6. The summed E-state index contributed by atoms with van der Waals surface area (Å²) in [6, 6.07) is 6.25. The second-order valence-electron chi connectivity index (χ2n) is 10.6. The van der Waals surface area contributed by atoms with Gasteiger partial charge in [0.05, 0.1) is 12.3 Å². The zero-order chi connectivity index (χ0) is 26.8. The molecule has 0 saturated heterocycles. The van der Waals surface area contributed by atoms with Gasteiger partial charge in [-0.05, 0) is 62.6 Å². The number of nitrogens with zero attached hydrogens (tertiary/aromatic N) is 1. The molecule has 1 aromatic rings. The standard InChI is InChI=1S/C32H58N2O2/c1-8-15-18-26(11-4)24-34(25-27(12-5)19-16-9-2)30-23-29(21-22-31(30)36-14-7)33-32(35)28(13-6)20-17-10-3/h21-23,26-28H,8-20,24-25H2,1-7H3,(H,33,35). The number of hydrogen-bond donors (Lipinski definition) is 1. The Bertz CT molecular complexity index is 687. The van der Waals surface area contributed by atoms with Crippen LogP contribution in [0.15, 0.2) is 18.2 Å². The molecule has 1 aromatic carbocycles. The van der Waals surface area contributed by atoms with Gasteiger partial charge in [0, 0.05) is 24.7 Å². The van der Waals surface area contributed by atoms with Gasteiger partial charge < -0.3 is 15.0 Å². The number of carbonyl (C=O) groups excluding carboxylic acids is 1. The van der Waals surface area contributed by atoms with Gasteiger partial charge in [-0.2, -0.15) is 0 Å². The number of amides is 1. The monoisotopic (exact) mass is 502 g/mol. The normalized spacial score (nSPS) is 13.8. The van der Waals surface area contributed by atoms with E-state index in [0.717, 1.165) is 55.9 Å². The van der Waals surface area contributed by atoms with Crippen LogP contribution in [-0.4, -0.2) is 25.6 Å². The molecular weight excluding hydrogens is 444 g/mol. The topological polar surface area (TPSA) is 41.6 Å². The zero-order valence-electron chi connectivity index (χ0n) is 24.8. The molecule has 0 fully saturated rings. The van der Waals surface area contributed by atoms with Gasteiger partial charge >= 0.3 is 0 Å². The average molecular weight is 503 g/mol. The summed E-state index contributed by atoms with van der Waals surface area (Å²) in [6.07, 6.45) is 14.0. The summed E-state index contributed by atoms with van der Waals surface area (Å²) in [5, 5.41) is 3.25. The zero-order valence-corrected chi connectivity index (χ0v) is 24.8. The highest BCUT2D eigenvalue weighted by molar-refractivity contribution is 5.93. The molecule has 1 rings (SSSR count). The summed E-state index contributed by atoms with van der Waals surface area (Å²) in [5.74, 6) is 2.49. The maximum Gasteiger partial charge on any atom is 0.227 e. The molecule has 3 atom stereocenters. The number of benzene rings is 1. The van der Waals surface area contributed by atoms with Crippen LogP contribution in [0.2, 0.25) is 0 Å². The van der Waals surface area contributed by atoms with E-state index in [9.17, 15) is 4.79 Å². The smallest absolute Gasteiger partial charge is 0.227 e. The summed E-state index contributed by atoms with van der Waals surface area (Å²) in [7, 11) is 0. The third kappa shape index (κ3) is 11.6. The SMILES string of the molecule is CCCCC(CC)CN(CC(CC)CCCC)c1cc(NC(=O)C(CC)CCCC)ccc1OCC. The molecule has 0 aliphatic heterocycles. The Morgan fingerprint density at radius 3 is 1.83 bits per heavy atom. The molecule has 0 saturated carbocycles. The van der Waals surface area contributed by atoms with E-state index in [4.69, 9.17) is 4.74 Å².